The lowest BCUT2D eigenvalue weighted by Gasteiger charge is -2.36. The zero-order valence-electron chi connectivity index (χ0n) is 14.3. The van der Waals surface area contributed by atoms with Gasteiger partial charge in [0.25, 0.3) is 5.91 Å². The van der Waals surface area contributed by atoms with E-state index in [0.717, 1.165) is 11.1 Å². The summed E-state index contributed by atoms with van der Waals surface area (Å²) in [6, 6.07) is 5.87. The largest absolute Gasteiger partial charge is 0.493 e. The second kappa shape index (κ2) is 7.29. The van der Waals surface area contributed by atoms with Crippen molar-refractivity contribution in [3.05, 3.63) is 46.4 Å². The number of hydrogen-bond acceptors (Lipinski definition) is 5. The van der Waals surface area contributed by atoms with Gasteiger partial charge in [-0.2, -0.15) is 0 Å². The number of fused-ring (bicyclic) bond motifs is 1. The van der Waals surface area contributed by atoms with E-state index in [0.29, 0.717) is 24.5 Å². The lowest BCUT2D eigenvalue weighted by Crippen LogP contribution is -2.41. The first kappa shape index (κ1) is 18.1. The SMILES string of the molecule is COc1cc2c(cc1OC)C(CC(=O)O)N(C(=O)c1ccc(Cl)o1)CC2. The number of carboxylic acids is 1. The molecule has 8 heteroatoms. The predicted molar refractivity (Wildman–Crippen MR) is 93.0 cm³/mol. The summed E-state index contributed by atoms with van der Waals surface area (Å²) in [6.45, 7) is 0.359. The molecule has 3 rings (SSSR count). The minimum absolute atomic E-state index is 0.0781. The third-order valence-electron chi connectivity index (χ3n) is 4.42. The molecule has 1 aliphatic rings. The van der Waals surface area contributed by atoms with Gasteiger partial charge in [-0.1, -0.05) is 0 Å². The number of amides is 1. The monoisotopic (exact) mass is 379 g/mol. The molecule has 0 fully saturated rings. The molecule has 2 heterocycles. The van der Waals surface area contributed by atoms with Gasteiger partial charge in [-0.05, 0) is 53.4 Å². The number of methoxy groups -OCH3 is 2. The third kappa shape index (κ3) is 3.35. The van der Waals surface area contributed by atoms with Crippen molar-refractivity contribution in [3.63, 3.8) is 0 Å². The Morgan fingerprint density at radius 1 is 1.27 bits per heavy atom. The van der Waals surface area contributed by atoms with Crippen molar-refractivity contribution in [2.45, 2.75) is 18.9 Å². The number of hydrogen-bond donors (Lipinski definition) is 1. The van der Waals surface area contributed by atoms with Crippen molar-refractivity contribution in [3.8, 4) is 11.5 Å². The van der Waals surface area contributed by atoms with E-state index in [9.17, 15) is 14.7 Å². The molecule has 0 bridgehead atoms. The number of carboxylic acid groups (broad SMARTS) is 1. The summed E-state index contributed by atoms with van der Waals surface area (Å²) < 4.78 is 15.8. The number of furan rings is 1. The van der Waals surface area contributed by atoms with E-state index < -0.39 is 17.9 Å². The van der Waals surface area contributed by atoms with Crippen LogP contribution >= 0.6 is 11.6 Å². The molecule has 1 amide bonds. The van der Waals surface area contributed by atoms with Crippen molar-refractivity contribution in [2.24, 2.45) is 0 Å². The van der Waals surface area contributed by atoms with Crippen molar-refractivity contribution in [1.29, 1.82) is 0 Å². The van der Waals surface area contributed by atoms with Gasteiger partial charge in [-0.3, -0.25) is 9.59 Å². The summed E-state index contributed by atoms with van der Waals surface area (Å²) in [5, 5.41) is 9.46. The Hall–Kier alpha value is -2.67. The molecule has 1 atom stereocenters. The van der Waals surface area contributed by atoms with Crippen LogP contribution in [0.5, 0.6) is 11.5 Å². The van der Waals surface area contributed by atoms with Crippen LogP contribution in [0.2, 0.25) is 5.22 Å². The maximum atomic E-state index is 12.8. The lowest BCUT2D eigenvalue weighted by atomic mass is 9.89. The van der Waals surface area contributed by atoms with Crippen molar-refractivity contribution in [1.82, 2.24) is 4.90 Å². The Morgan fingerprint density at radius 3 is 2.54 bits per heavy atom. The van der Waals surface area contributed by atoms with E-state index in [-0.39, 0.29) is 17.4 Å². The average molecular weight is 380 g/mol. The number of halogens is 1. The van der Waals surface area contributed by atoms with E-state index in [1.807, 2.05) is 6.07 Å². The van der Waals surface area contributed by atoms with Crippen LogP contribution in [0.15, 0.2) is 28.7 Å². The molecule has 1 aromatic heterocycles. The fraction of sp³-hybridized carbons (Fsp3) is 0.333. The molecule has 1 aromatic carbocycles. The highest BCUT2D eigenvalue weighted by Crippen LogP contribution is 2.40. The van der Waals surface area contributed by atoms with E-state index >= 15 is 0 Å². The first-order valence-electron chi connectivity index (χ1n) is 7.97. The topological polar surface area (TPSA) is 89.2 Å². The van der Waals surface area contributed by atoms with Crippen molar-refractivity contribution >= 4 is 23.5 Å². The minimum Gasteiger partial charge on any atom is -0.493 e. The molecule has 7 nitrogen and oxygen atoms in total. The number of ether oxygens (including phenoxy) is 2. The van der Waals surface area contributed by atoms with Crippen LogP contribution in [0.4, 0.5) is 0 Å². The first-order valence-corrected chi connectivity index (χ1v) is 8.35. The summed E-state index contributed by atoms with van der Waals surface area (Å²) in [6.07, 6.45) is 0.328. The van der Waals surface area contributed by atoms with Crippen molar-refractivity contribution < 1.29 is 28.6 Å². The van der Waals surface area contributed by atoms with E-state index in [1.54, 1.807) is 6.07 Å². The maximum absolute atomic E-state index is 12.8. The molecule has 0 radical (unpaired) electrons. The normalized spacial score (nSPS) is 16.1. The van der Waals surface area contributed by atoms with E-state index in [1.165, 1.54) is 31.3 Å². The summed E-state index contributed by atoms with van der Waals surface area (Å²) in [5.41, 5.74) is 1.65. The maximum Gasteiger partial charge on any atom is 0.305 e. The molecule has 0 spiro atoms. The van der Waals surface area contributed by atoms with Crippen molar-refractivity contribution in [2.75, 3.05) is 20.8 Å². The smallest absolute Gasteiger partial charge is 0.305 e. The molecule has 138 valence electrons. The molecular weight excluding hydrogens is 362 g/mol. The summed E-state index contributed by atoms with van der Waals surface area (Å²) in [5.74, 6) is -0.277. The molecule has 1 aliphatic heterocycles. The zero-order valence-corrected chi connectivity index (χ0v) is 15.1. The van der Waals surface area contributed by atoms with Gasteiger partial charge in [-0.15, -0.1) is 0 Å². The summed E-state index contributed by atoms with van der Waals surface area (Å²) in [7, 11) is 3.05. The molecule has 26 heavy (non-hydrogen) atoms. The fourth-order valence-corrected chi connectivity index (χ4v) is 3.37. The molecular formula is C18H18ClNO6. The van der Waals surface area contributed by atoms with Gasteiger partial charge in [0.05, 0.1) is 26.7 Å². The van der Waals surface area contributed by atoms with Crippen LogP contribution in [0, 0.1) is 0 Å². The first-order chi connectivity index (χ1) is 12.4. The second-order valence-corrected chi connectivity index (χ2v) is 6.24. The highest BCUT2D eigenvalue weighted by molar-refractivity contribution is 6.29. The highest BCUT2D eigenvalue weighted by Gasteiger charge is 2.35. The van der Waals surface area contributed by atoms with Crippen LogP contribution in [0.1, 0.15) is 34.1 Å². The number of aliphatic carboxylic acids is 1. The Balaban J connectivity index is 2.03. The quantitative estimate of drug-likeness (QED) is 0.858. The highest BCUT2D eigenvalue weighted by atomic mass is 35.5. The zero-order chi connectivity index (χ0) is 18.8. The van der Waals surface area contributed by atoms with Gasteiger partial charge in [0, 0.05) is 6.54 Å². The van der Waals surface area contributed by atoms with E-state index in [2.05, 4.69) is 0 Å². The van der Waals surface area contributed by atoms with Crippen LogP contribution in [0.25, 0.3) is 0 Å². The van der Waals surface area contributed by atoms with Gasteiger partial charge >= 0.3 is 5.97 Å². The molecule has 1 unspecified atom stereocenters. The van der Waals surface area contributed by atoms with Gasteiger partial charge in [0.2, 0.25) is 0 Å². The lowest BCUT2D eigenvalue weighted by molar-refractivity contribution is -0.138. The van der Waals surface area contributed by atoms with Gasteiger partial charge in [-0.25, -0.2) is 0 Å². The van der Waals surface area contributed by atoms with Crippen LogP contribution in [-0.2, 0) is 11.2 Å². The van der Waals surface area contributed by atoms with Gasteiger partial charge in [0.1, 0.15) is 0 Å². The number of benzene rings is 1. The Kier molecular flexibility index (Phi) is 5.08. The van der Waals surface area contributed by atoms with Crippen LogP contribution in [0.3, 0.4) is 0 Å². The summed E-state index contributed by atoms with van der Waals surface area (Å²) in [4.78, 5) is 25.7. The molecule has 0 aliphatic carbocycles. The Bertz CT molecular complexity index is 846. The van der Waals surface area contributed by atoms with Crippen LogP contribution in [-0.4, -0.2) is 42.6 Å². The molecule has 0 saturated carbocycles. The second-order valence-electron chi connectivity index (χ2n) is 5.87. The number of carbonyl (C=O) groups excluding carboxylic acids is 1. The number of carbonyl (C=O) groups is 2. The minimum atomic E-state index is -1.01. The third-order valence-corrected chi connectivity index (χ3v) is 4.62. The van der Waals surface area contributed by atoms with Gasteiger partial charge in [0.15, 0.2) is 22.5 Å². The Morgan fingerprint density at radius 2 is 1.96 bits per heavy atom. The predicted octanol–water partition coefficient (Wildman–Crippen LogP) is 3.16. The number of nitrogens with zero attached hydrogens (tertiary/aromatic N) is 1. The fourth-order valence-electron chi connectivity index (χ4n) is 3.23. The Labute approximate surface area is 155 Å². The standard InChI is InChI=1S/C18H18ClNO6/c1-24-14-7-10-5-6-20(18(23)13-3-4-16(19)26-13)12(9-17(21)22)11(10)8-15(14)25-2/h3-4,7-8,12H,5-6,9H2,1-2H3,(H,21,22). The van der Waals surface area contributed by atoms with Crippen LogP contribution < -0.4 is 9.47 Å². The van der Waals surface area contributed by atoms with E-state index in [4.69, 9.17) is 25.5 Å². The average Bonchev–Trinajstić information content (AvgIpc) is 3.06. The number of rotatable bonds is 5. The molecule has 1 N–H and O–H groups in total. The van der Waals surface area contributed by atoms with Gasteiger partial charge < -0.3 is 23.9 Å². The summed E-state index contributed by atoms with van der Waals surface area (Å²) >= 11 is 5.76. The molecule has 0 saturated heterocycles. The molecule has 2 aromatic rings.